The summed E-state index contributed by atoms with van der Waals surface area (Å²) >= 11 is 1.67. The Morgan fingerprint density at radius 2 is 2.15 bits per heavy atom. The van der Waals surface area contributed by atoms with E-state index in [-0.39, 0.29) is 0 Å². The molecule has 1 heterocycles. The molecule has 1 fully saturated rings. The van der Waals surface area contributed by atoms with E-state index in [2.05, 4.69) is 38.1 Å². The van der Waals surface area contributed by atoms with Crippen LogP contribution in [0.25, 0.3) is 11.3 Å². The summed E-state index contributed by atoms with van der Waals surface area (Å²) in [7, 11) is 1.80. The second kappa shape index (κ2) is 6.05. The van der Waals surface area contributed by atoms with Crippen LogP contribution >= 0.6 is 11.3 Å². The fourth-order valence-electron chi connectivity index (χ4n) is 1.91. The molecule has 104 valence electrons. The number of guanidine groups is 1. The fourth-order valence-corrected chi connectivity index (χ4v) is 2.65. The summed E-state index contributed by atoms with van der Waals surface area (Å²) in [6.07, 6.45) is 2.49. The molecule has 1 saturated carbocycles. The van der Waals surface area contributed by atoms with Gasteiger partial charge >= 0.3 is 0 Å². The zero-order valence-electron chi connectivity index (χ0n) is 11.5. The summed E-state index contributed by atoms with van der Waals surface area (Å²) < 4.78 is 0. The topological polar surface area (TPSA) is 49.3 Å². The minimum Gasteiger partial charge on any atom is -0.354 e. The minimum atomic E-state index is 0.609. The van der Waals surface area contributed by atoms with Gasteiger partial charge in [0.05, 0.1) is 12.2 Å². The molecule has 0 unspecified atom stereocenters. The smallest absolute Gasteiger partial charge is 0.191 e. The van der Waals surface area contributed by atoms with E-state index in [0.29, 0.717) is 12.6 Å². The summed E-state index contributed by atoms with van der Waals surface area (Å²) in [5.41, 5.74) is 2.20. The van der Waals surface area contributed by atoms with Crippen molar-refractivity contribution >= 4 is 17.3 Å². The molecule has 1 aliphatic rings. The zero-order valence-corrected chi connectivity index (χ0v) is 12.3. The van der Waals surface area contributed by atoms with Gasteiger partial charge in [-0.1, -0.05) is 30.3 Å². The molecule has 0 atom stereocenters. The van der Waals surface area contributed by atoms with Crippen molar-refractivity contribution < 1.29 is 0 Å². The molecule has 2 aromatic rings. The summed E-state index contributed by atoms with van der Waals surface area (Å²) in [5, 5.41) is 9.85. The molecule has 1 aromatic carbocycles. The standard InChI is InChI=1S/C15H18N4S/c1-16-15(18-12-7-8-12)17-9-14-19-13(10-20-14)11-5-3-2-4-6-11/h2-6,10,12H,7-9H2,1H3,(H2,16,17,18). The van der Waals surface area contributed by atoms with Crippen LogP contribution in [0.15, 0.2) is 40.7 Å². The lowest BCUT2D eigenvalue weighted by Gasteiger charge is -2.09. The highest BCUT2D eigenvalue weighted by atomic mass is 32.1. The molecular formula is C15H18N4S. The number of aliphatic imine (C=N–C) groups is 1. The molecule has 20 heavy (non-hydrogen) atoms. The molecule has 1 aromatic heterocycles. The first kappa shape index (κ1) is 13.1. The maximum absolute atomic E-state index is 4.65. The molecular weight excluding hydrogens is 268 g/mol. The molecule has 2 N–H and O–H groups in total. The van der Waals surface area contributed by atoms with Crippen LogP contribution in [-0.4, -0.2) is 24.0 Å². The largest absolute Gasteiger partial charge is 0.354 e. The first-order valence-electron chi connectivity index (χ1n) is 6.82. The average molecular weight is 286 g/mol. The summed E-state index contributed by atoms with van der Waals surface area (Å²) in [5.74, 6) is 0.865. The van der Waals surface area contributed by atoms with Crippen molar-refractivity contribution in [2.24, 2.45) is 4.99 Å². The molecule has 5 heteroatoms. The van der Waals surface area contributed by atoms with Crippen LogP contribution in [-0.2, 0) is 6.54 Å². The van der Waals surface area contributed by atoms with Crippen LogP contribution in [0.1, 0.15) is 17.8 Å². The number of benzene rings is 1. The molecule has 0 radical (unpaired) electrons. The molecule has 3 rings (SSSR count). The highest BCUT2D eigenvalue weighted by molar-refractivity contribution is 7.09. The maximum Gasteiger partial charge on any atom is 0.191 e. The molecule has 0 saturated heterocycles. The summed E-state index contributed by atoms with van der Waals surface area (Å²) in [6, 6.07) is 10.9. The average Bonchev–Trinajstić information content (AvgIpc) is 3.19. The highest BCUT2D eigenvalue weighted by Crippen LogP contribution is 2.21. The van der Waals surface area contributed by atoms with Crippen molar-refractivity contribution in [3.05, 3.63) is 40.7 Å². The van der Waals surface area contributed by atoms with Gasteiger partial charge in [0.2, 0.25) is 0 Å². The van der Waals surface area contributed by atoms with Crippen LogP contribution in [0, 0.1) is 0 Å². The zero-order chi connectivity index (χ0) is 13.8. The molecule has 0 amide bonds. The number of hydrogen-bond acceptors (Lipinski definition) is 3. The first-order chi connectivity index (χ1) is 9.85. The van der Waals surface area contributed by atoms with Crippen molar-refractivity contribution in [1.82, 2.24) is 15.6 Å². The normalized spacial score (nSPS) is 15.2. The van der Waals surface area contributed by atoms with Crippen molar-refractivity contribution in [3.8, 4) is 11.3 Å². The number of thiazole rings is 1. The lowest BCUT2D eigenvalue weighted by Crippen LogP contribution is -2.37. The Morgan fingerprint density at radius 3 is 2.85 bits per heavy atom. The van der Waals surface area contributed by atoms with Gasteiger partial charge in [-0.2, -0.15) is 0 Å². The number of nitrogens with one attached hydrogen (secondary N) is 2. The van der Waals surface area contributed by atoms with Gasteiger partial charge in [-0.05, 0) is 12.8 Å². The SMILES string of the molecule is CN=C(NCc1nc(-c2ccccc2)cs1)NC1CC1. The summed E-state index contributed by atoms with van der Waals surface area (Å²) in [4.78, 5) is 8.87. The van der Waals surface area contributed by atoms with Gasteiger partial charge in [0.15, 0.2) is 5.96 Å². The lowest BCUT2D eigenvalue weighted by atomic mass is 10.2. The van der Waals surface area contributed by atoms with E-state index in [4.69, 9.17) is 0 Å². The minimum absolute atomic E-state index is 0.609. The molecule has 0 spiro atoms. The predicted octanol–water partition coefficient (Wildman–Crippen LogP) is 2.64. The first-order valence-corrected chi connectivity index (χ1v) is 7.70. The monoisotopic (exact) mass is 286 g/mol. The van der Waals surface area contributed by atoms with E-state index in [9.17, 15) is 0 Å². The van der Waals surface area contributed by atoms with E-state index in [0.717, 1.165) is 22.2 Å². The van der Waals surface area contributed by atoms with Gasteiger partial charge in [0.25, 0.3) is 0 Å². The lowest BCUT2D eigenvalue weighted by molar-refractivity contribution is 0.802. The molecule has 0 aliphatic heterocycles. The van der Waals surface area contributed by atoms with E-state index >= 15 is 0 Å². The number of nitrogens with zero attached hydrogens (tertiary/aromatic N) is 2. The number of hydrogen-bond donors (Lipinski definition) is 2. The number of aromatic nitrogens is 1. The van der Waals surface area contributed by atoms with Gasteiger partial charge in [0.1, 0.15) is 5.01 Å². The highest BCUT2D eigenvalue weighted by Gasteiger charge is 2.22. The summed E-state index contributed by atoms with van der Waals surface area (Å²) in [6.45, 7) is 0.712. The van der Waals surface area contributed by atoms with Crippen LogP contribution in [0.3, 0.4) is 0 Å². The van der Waals surface area contributed by atoms with Crippen LogP contribution in [0.2, 0.25) is 0 Å². The Labute approximate surface area is 123 Å². The quantitative estimate of drug-likeness (QED) is 0.671. The van der Waals surface area contributed by atoms with Crippen molar-refractivity contribution in [3.63, 3.8) is 0 Å². The maximum atomic E-state index is 4.65. The van der Waals surface area contributed by atoms with Crippen molar-refractivity contribution in [1.29, 1.82) is 0 Å². The van der Waals surface area contributed by atoms with Gasteiger partial charge < -0.3 is 10.6 Å². The Bertz CT molecular complexity index is 587. The molecule has 1 aliphatic carbocycles. The van der Waals surface area contributed by atoms with Crippen LogP contribution in [0.5, 0.6) is 0 Å². The second-order valence-electron chi connectivity index (χ2n) is 4.84. The Balaban J connectivity index is 1.59. The van der Waals surface area contributed by atoms with Gasteiger partial charge in [-0.25, -0.2) is 4.98 Å². The van der Waals surface area contributed by atoms with Crippen molar-refractivity contribution in [2.45, 2.75) is 25.4 Å². The van der Waals surface area contributed by atoms with E-state index in [1.807, 2.05) is 18.2 Å². The Morgan fingerprint density at radius 1 is 1.35 bits per heavy atom. The van der Waals surface area contributed by atoms with E-state index < -0.39 is 0 Å². The Hall–Kier alpha value is -1.88. The fraction of sp³-hybridized carbons (Fsp3) is 0.333. The second-order valence-corrected chi connectivity index (χ2v) is 5.78. The van der Waals surface area contributed by atoms with Gasteiger partial charge in [0, 0.05) is 24.0 Å². The molecule has 0 bridgehead atoms. The molecule has 4 nitrogen and oxygen atoms in total. The van der Waals surface area contributed by atoms with Gasteiger partial charge in [-0.15, -0.1) is 11.3 Å². The third-order valence-electron chi connectivity index (χ3n) is 3.17. The van der Waals surface area contributed by atoms with E-state index in [1.54, 1.807) is 18.4 Å². The van der Waals surface area contributed by atoms with E-state index in [1.165, 1.54) is 12.8 Å². The predicted molar refractivity (Wildman–Crippen MR) is 83.9 cm³/mol. The van der Waals surface area contributed by atoms with Crippen LogP contribution < -0.4 is 10.6 Å². The Kier molecular flexibility index (Phi) is 3.97. The third-order valence-corrected chi connectivity index (χ3v) is 4.02. The van der Waals surface area contributed by atoms with Crippen LogP contribution in [0.4, 0.5) is 0 Å². The third kappa shape index (κ3) is 3.36. The van der Waals surface area contributed by atoms with Gasteiger partial charge in [-0.3, -0.25) is 4.99 Å². The van der Waals surface area contributed by atoms with Crippen molar-refractivity contribution in [2.75, 3.05) is 7.05 Å². The number of rotatable bonds is 4.